The van der Waals surface area contributed by atoms with Crippen molar-refractivity contribution in [2.75, 3.05) is 7.05 Å². The zero-order valence-electron chi connectivity index (χ0n) is 11.7. The van der Waals surface area contributed by atoms with Gasteiger partial charge in [0.1, 0.15) is 5.82 Å². The lowest BCUT2D eigenvalue weighted by Gasteiger charge is -2.20. The Labute approximate surface area is 114 Å². The van der Waals surface area contributed by atoms with E-state index in [0.717, 1.165) is 12.0 Å². The predicted octanol–water partition coefficient (Wildman–Crippen LogP) is 4.01. The molecule has 0 aliphatic heterocycles. The third kappa shape index (κ3) is 2.85. The molecule has 1 nitrogen and oxygen atoms in total. The standard InChI is InChI=1S/C17H20FN/c1-4-13-7-5-6-8-15(13)17(19-3)14-9-10-16(18)12(2)11-14/h5-11,17,19H,4H2,1-3H3. The van der Waals surface area contributed by atoms with Crippen molar-refractivity contribution in [3.8, 4) is 0 Å². The molecule has 1 N–H and O–H groups in total. The fourth-order valence-corrected chi connectivity index (χ4v) is 2.49. The van der Waals surface area contributed by atoms with Crippen molar-refractivity contribution < 1.29 is 4.39 Å². The smallest absolute Gasteiger partial charge is 0.126 e. The zero-order chi connectivity index (χ0) is 13.8. The maximum Gasteiger partial charge on any atom is 0.126 e. The van der Waals surface area contributed by atoms with Gasteiger partial charge in [0.15, 0.2) is 0 Å². The van der Waals surface area contributed by atoms with Crippen LogP contribution in [0.1, 0.15) is 35.2 Å². The number of rotatable bonds is 4. The normalized spacial score (nSPS) is 12.4. The monoisotopic (exact) mass is 257 g/mol. The van der Waals surface area contributed by atoms with E-state index < -0.39 is 0 Å². The molecule has 0 fully saturated rings. The molecule has 2 rings (SSSR count). The van der Waals surface area contributed by atoms with Crippen molar-refractivity contribution in [1.29, 1.82) is 0 Å². The lowest BCUT2D eigenvalue weighted by atomic mass is 9.92. The van der Waals surface area contributed by atoms with E-state index in [-0.39, 0.29) is 11.9 Å². The minimum Gasteiger partial charge on any atom is -0.309 e. The van der Waals surface area contributed by atoms with Crippen molar-refractivity contribution in [2.24, 2.45) is 0 Å². The molecule has 2 aromatic rings. The van der Waals surface area contributed by atoms with Crippen molar-refractivity contribution in [1.82, 2.24) is 5.32 Å². The molecule has 0 spiro atoms. The third-order valence-electron chi connectivity index (χ3n) is 3.55. The Morgan fingerprint density at radius 3 is 2.53 bits per heavy atom. The Hall–Kier alpha value is -1.67. The van der Waals surface area contributed by atoms with E-state index in [1.165, 1.54) is 11.1 Å². The highest BCUT2D eigenvalue weighted by molar-refractivity contribution is 5.38. The molecule has 0 heterocycles. The van der Waals surface area contributed by atoms with Gasteiger partial charge >= 0.3 is 0 Å². The molecule has 1 unspecified atom stereocenters. The van der Waals surface area contributed by atoms with E-state index >= 15 is 0 Å². The maximum atomic E-state index is 13.4. The lowest BCUT2D eigenvalue weighted by Crippen LogP contribution is -2.19. The molecule has 2 aromatic carbocycles. The Bertz CT molecular complexity index is 563. The summed E-state index contributed by atoms with van der Waals surface area (Å²) in [5, 5.41) is 3.33. The fraction of sp³-hybridized carbons (Fsp3) is 0.294. The molecule has 2 heteroatoms. The average Bonchev–Trinajstić information content (AvgIpc) is 2.44. The van der Waals surface area contributed by atoms with Crippen molar-refractivity contribution in [3.05, 3.63) is 70.5 Å². The minimum atomic E-state index is -0.151. The molecule has 0 amide bonds. The van der Waals surface area contributed by atoms with Crippen LogP contribution in [0, 0.1) is 12.7 Å². The van der Waals surface area contributed by atoms with Crippen molar-refractivity contribution >= 4 is 0 Å². The highest BCUT2D eigenvalue weighted by atomic mass is 19.1. The van der Waals surface area contributed by atoms with Crippen LogP contribution in [-0.2, 0) is 6.42 Å². The first-order valence-corrected chi connectivity index (χ1v) is 6.68. The second-order valence-corrected chi connectivity index (χ2v) is 4.78. The van der Waals surface area contributed by atoms with Gasteiger partial charge in [0.2, 0.25) is 0 Å². The van der Waals surface area contributed by atoms with Gasteiger partial charge in [-0.25, -0.2) is 4.39 Å². The predicted molar refractivity (Wildman–Crippen MR) is 77.9 cm³/mol. The number of benzene rings is 2. The largest absolute Gasteiger partial charge is 0.309 e. The molecule has 0 bridgehead atoms. The van der Waals surface area contributed by atoms with E-state index in [2.05, 4.69) is 36.5 Å². The molecular formula is C17H20FN. The van der Waals surface area contributed by atoms with Crippen molar-refractivity contribution in [3.63, 3.8) is 0 Å². The topological polar surface area (TPSA) is 12.0 Å². The molecule has 0 aromatic heterocycles. The number of nitrogens with one attached hydrogen (secondary N) is 1. The van der Waals surface area contributed by atoms with Crippen LogP contribution in [0.2, 0.25) is 0 Å². The van der Waals surface area contributed by atoms with Gasteiger partial charge in [-0.2, -0.15) is 0 Å². The van der Waals surface area contributed by atoms with E-state index in [9.17, 15) is 4.39 Å². The van der Waals surface area contributed by atoms with Crippen LogP contribution in [0.4, 0.5) is 4.39 Å². The Morgan fingerprint density at radius 2 is 1.89 bits per heavy atom. The van der Waals surface area contributed by atoms with Gasteiger partial charge in [-0.15, -0.1) is 0 Å². The highest BCUT2D eigenvalue weighted by Crippen LogP contribution is 2.26. The summed E-state index contributed by atoms with van der Waals surface area (Å²) in [6.45, 7) is 3.96. The Morgan fingerprint density at radius 1 is 1.16 bits per heavy atom. The van der Waals surface area contributed by atoms with Crippen LogP contribution in [0.5, 0.6) is 0 Å². The van der Waals surface area contributed by atoms with E-state index in [0.29, 0.717) is 5.56 Å². The number of hydrogen-bond acceptors (Lipinski definition) is 1. The van der Waals surface area contributed by atoms with Gasteiger partial charge in [0.25, 0.3) is 0 Å². The molecule has 19 heavy (non-hydrogen) atoms. The van der Waals surface area contributed by atoms with Gasteiger partial charge in [-0.1, -0.05) is 43.3 Å². The fourth-order valence-electron chi connectivity index (χ4n) is 2.49. The maximum absolute atomic E-state index is 13.4. The van der Waals surface area contributed by atoms with Crippen LogP contribution in [-0.4, -0.2) is 7.05 Å². The van der Waals surface area contributed by atoms with Gasteiger partial charge in [-0.05, 0) is 48.7 Å². The highest BCUT2D eigenvalue weighted by Gasteiger charge is 2.15. The molecular weight excluding hydrogens is 237 g/mol. The van der Waals surface area contributed by atoms with Gasteiger partial charge < -0.3 is 5.32 Å². The summed E-state index contributed by atoms with van der Waals surface area (Å²) in [5.41, 5.74) is 4.37. The minimum absolute atomic E-state index is 0.107. The summed E-state index contributed by atoms with van der Waals surface area (Å²) in [5.74, 6) is -0.151. The Kier molecular flexibility index (Phi) is 4.33. The quantitative estimate of drug-likeness (QED) is 0.872. The van der Waals surface area contributed by atoms with Gasteiger partial charge in [-0.3, -0.25) is 0 Å². The molecule has 0 aliphatic rings. The Balaban J connectivity index is 2.46. The van der Waals surface area contributed by atoms with Gasteiger partial charge in [0.05, 0.1) is 6.04 Å². The first-order valence-electron chi connectivity index (χ1n) is 6.68. The van der Waals surface area contributed by atoms with Crippen LogP contribution < -0.4 is 5.32 Å². The molecule has 0 radical (unpaired) electrons. The molecule has 1 atom stereocenters. The molecule has 0 aliphatic carbocycles. The molecule has 0 saturated heterocycles. The molecule has 100 valence electrons. The summed E-state index contributed by atoms with van der Waals surface area (Å²) in [7, 11) is 1.94. The summed E-state index contributed by atoms with van der Waals surface area (Å²) < 4.78 is 13.4. The number of hydrogen-bond donors (Lipinski definition) is 1. The van der Waals surface area contributed by atoms with Crippen LogP contribution in [0.15, 0.2) is 42.5 Å². The summed E-state index contributed by atoms with van der Waals surface area (Å²) >= 11 is 0. The first kappa shape index (κ1) is 13.8. The third-order valence-corrected chi connectivity index (χ3v) is 3.55. The van der Waals surface area contributed by atoms with Gasteiger partial charge in [0, 0.05) is 0 Å². The first-order chi connectivity index (χ1) is 9.17. The molecule has 0 saturated carbocycles. The summed E-state index contributed by atoms with van der Waals surface area (Å²) in [6.07, 6.45) is 0.995. The van der Waals surface area contributed by atoms with E-state index in [4.69, 9.17) is 0 Å². The summed E-state index contributed by atoms with van der Waals surface area (Å²) in [6, 6.07) is 13.8. The van der Waals surface area contributed by atoms with Crippen LogP contribution in [0.3, 0.4) is 0 Å². The SMILES string of the molecule is CCc1ccccc1C(NC)c1ccc(F)c(C)c1. The average molecular weight is 257 g/mol. The summed E-state index contributed by atoms with van der Waals surface area (Å²) in [4.78, 5) is 0. The zero-order valence-corrected chi connectivity index (χ0v) is 11.7. The second kappa shape index (κ2) is 5.98. The number of aryl methyl sites for hydroxylation is 2. The van der Waals surface area contributed by atoms with Crippen LogP contribution in [0.25, 0.3) is 0 Å². The van der Waals surface area contributed by atoms with E-state index in [1.807, 2.05) is 19.2 Å². The number of halogens is 1. The van der Waals surface area contributed by atoms with Crippen LogP contribution >= 0.6 is 0 Å². The van der Waals surface area contributed by atoms with E-state index in [1.54, 1.807) is 13.0 Å². The lowest BCUT2D eigenvalue weighted by molar-refractivity contribution is 0.613. The second-order valence-electron chi connectivity index (χ2n) is 4.78. The van der Waals surface area contributed by atoms with Crippen molar-refractivity contribution in [2.45, 2.75) is 26.3 Å².